The van der Waals surface area contributed by atoms with Crippen LogP contribution in [0.5, 0.6) is 0 Å². The molecule has 5 nitrogen and oxygen atoms in total. The maximum absolute atomic E-state index is 13.6. The van der Waals surface area contributed by atoms with E-state index in [0.717, 1.165) is 0 Å². The van der Waals surface area contributed by atoms with Gasteiger partial charge in [0.1, 0.15) is 17.5 Å². The van der Waals surface area contributed by atoms with Crippen molar-refractivity contribution in [3.8, 4) is 0 Å². The lowest BCUT2D eigenvalue weighted by atomic mass is 10.0. The predicted octanol–water partition coefficient (Wildman–Crippen LogP) is 1.40. The number of pyridine rings is 1. The first kappa shape index (κ1) is 13.0. The lowest BCUT2D eigenvalue weighted by Gasteiger charge is -2.12. The summed E-state index contributed by atoms with van der Waals surface area (Å²) in [6, 6.07) is 5.12. The van der Waals surface area contributed by atoms with Gasteiger partial charge < -0.3 is 16.9 Å². The van der Waals surface area contributed by atoms with Crippen LogP contribution in [0, 0.1) is 11.6 Å². The summed E-state index contributed by atoms with van der Waals surface area (Å²) in [6.45, 7) is 0. The highest BCUT2D eigenvalue weighted by molar-refractivity contribution is 5.68. The number of hydrogen-bond donors (Lipinski definition) is 4. The lowest BCUT2D eigenvalue weighted by Crippen LogP contribution is -2.14. The molecule has 19 heavy (non-hydrogen) atoms. The molecule has 0 saturated carbocycles. The number of anilines is 3. The standard InChI is InChI=1S/C12H13F2N5/c13-8-2-1-3-9(14)7(8)4-6-5-10(15)18-12(19-17)11(6)16/h1-3,5H,4,16-17H2,(H3,15,18,19). The number of benzene rings is 1. The zero-order valence-electron chi connectivity index (χ0n) is 9.95. The van der Waals surface area contributed by atoms with Crippen LogP contribution in [0.25, 0.3) is 0 Å². The molecule has 1 heterocycles. The minimum Gasteiger partial charge on any atom is -0.395 e. The fraction of sp³-hybridized carbons (Fsp3) is 0.0833. The molecule has 2 aromatic rings. The zero-order valence-corrected chi connectivity index (χ0v) is 9.95. The summed E-state index contributed by atoms with van der Waals surface area (Å²) in [4.78, 5) is 3.87. The Morgan fingerprint density at radius 2 is 1.79 bits per heavy atom. The molecular weight excluding hydrogens is 252 g/mol. The van der Waals surface area contributed by atoms with Gasteiger partial charge in [0.15, 0.2) is 5.82 Å². The van der Waals surface area contributed by atoms with E-state index < -0.39 is 11.6 Å². The third kappa shape index (κ3) is 2.55. The van der Waals surface area contributed by atoms with E-state index in [1.807, 2.05) is 0 Å². The zero-order chi connectivity index (χ0) is 14.0. The van der Waals surface area contributed by atoms with Crippen LogP contribution >= 0.6 is 0 Å². The molecule has 0 unspecified atom stereocenters. The Morgan fingerprint density at radius 3 is 2.37 bits per heavy atom. The highest BCUT2D eigenvalue weighted by atomic mass is 19.1. The number of rotatable bonds is 3. The van der Waals surface area contributed by atoms with Crippen LogP contribution < -0.4 is 22.7 Å². The number of nitrogens with two attached hydrogens (primary N) is 3. The van der Waals surface area contributed by atoms with E-state index in [-0.39, 0.29) is 29.3 Å². The van der Waals surface area contributed by atoms with Crippen LogP contribution in [0.1, 0.15) is 11.1 Å². The van der Waals surface area contributed by atoms with Crippen LogP contribution in [0.2, 0.25) is 0 Å². The molecule has 0 aliphatic heterocycles. The van der Waals surface area contributed by atoms with E-state index in [9.17, 15) is 8.78 Å². The first-order valence-electron chi connectivity index (χ1n) is 5.47. The van der Waals surface area contributed by atoms with E-state index in [1.165, 1.54) is 24.3 Å². The lowest BCUT2D eigenvalue weighted by molar-refractivity contribution is 0.561. The molecule has 1 aromatic heterocycles. The van der Waals surface area contributed by atoms with Crippen LogP contribution in [0.4, 0.5) is 26.1 Å². The predicted molar refractivity (Wildman–Crippen MR) is 70.0 cm³/mol. The molecule has 1 aromatic carbocycles. The largest absolute Gasteiger partial charge is 0.395 e. The molecule has 0 amide bonds. The summed E-state index contributed by atoms with van der Waals surface area (Å²) < 4.78 is 27.2. The Balaban J connectivity index is 2.47. The number of nitrogens with one attached hydrogen (secondary N) is 1. The van der Waals surface area contributed by atoms with Crippen molar-refractivity contribution in [2.24, 2.45) is 5.84 Å². The van der Waals surface area contributed by atoms with Gasteiger partial charge in [-0.25, -0.2) is 19.6 Å². The maximum atomic E-state index is 13.6. The van der Waals surface area contributed by atoms with E-state index >= 15 is 0 Å². The molecule has 0 fully saturated rings. The molecule has 7 heteroatoms. The molecule has 0 atom stereocenters. The highest BCUT2D eigenvalue weighted by Crippen LogP contribution is 2.26. The van der Waals surface area contributed by atoms with Crippen molar-refractivity contribution in [3.05, 3.63) is 47.0 Å². The average molecular weight is 265 g/mol. The van der Waals surface area contributed by atoms with Gasteiger partial charge in [0, 0.05) is 12.0 Å². The molecule has 7 N–H and O–H groups in total. The molecule has 0 spiro atoms. The Labute approximate surface area is 108 Å². The summed E-state index contributed by atoms with van der Waals surface area (Å²) in [7, 11) is 0. The summed E-state index contributed by atoms with van der Waals surface area (Å²) in [5, 5.41) is 0. The fourth-order valence-corrected chi connectivity index (χ4v) is 1.78. The normalized spacial score (nSPS) is 10.5. The van der Waals surface area contributed by atoms with Crippen molar-refractivity contribution in [2.45, 2.75) is 6.42 Å². The van der Waals surface area contributed by atoms with Crippen molar-refractivity contribution in [3.63, 3.8) is 0 Å². The second kappa shape index (κ2) is 5.07. The number of hydrogen-bond acceptors (Lipinski definition) is 5. The van der Waals surface area contributed by atoms with Gasteiger partial charge >= 0.3 is 0 Å². The minimum absolute atomic E-state index is 0.0360. The van der Waals surface area contributed by atoms with Crippen LogP contribution in [-0.2, 0) is 6.42 Å². The summed E-state index contributed by atoms with van der Waals surface area (Å²) in [5.74, 6) is 4.30. The molecule has 100 valence electrons. The Morgan fingerprint density at radius 1 is 1.16 bits per heavy atom. The Hall–Kier alpha value is -2.41. The first-order chi connectivity index (χ1) is 9.02. The van der Waals surface area contributed by atoms with Crippen LogP contribution in [0.15, 0.2) is 24.3 Å². The quantitative estimate of drug-likeness (QED) is 0.496. The van der Waals surface area contributed by atoms with E-state index in [1.54, 1.807) is 0 Å². The molecule has 0 radical (unpaired) electrons. The second-order valence-corrected chi connectivity index (χ2v) is 3.99. The summed E-state index contributed by atoms with van der Waals surface area (Å²) >= 11 is 0. The number of nitrogens with zero attached hydrogens (tertiary/aromatic N) is 1. The molecule has 0 aliphatic carbocycles. The number of hydrazine groups is 1. The maximum Gasteiger partial charge on any atom is 0.165 e. The minimum atomic E-state index is -0.642. The number of aromatic nitrogens is 1. The fourth-order valence-electron chi connectivity index (χ4n) is 1.78. The van der Waals surface area contributed by atoms with Gasteiger partial charge in [-0.15, -0.1) is 0 Å². The Bertz CT molecular complexity index is 595. The highest BCUT2D eigenvalue weighted by Gasteiger charge is 2.14. The number of halogens is 2. The SMILES string of the molecule is NNc1nc(N)cc(Cc2c(F)cccc2F)c1N. The molecule has 2 rings (SSSR count). The molecule has 0 aliphatic rings. The van der Waals surface area contributed by atoms with Gasteiger partial charge in [-0.3, -0.25) is 0 Å². The van der Waals surface area contributed by atoms with Crippen molar-refractivity contribution >= 4 is 17.3 Å². The third-order valence-electron chi connectivity index (χ3n) is 2.73. The van der Waals surface area contributed by atoms with Gasteiger partial charge in [0.05, 0.1) is 5.69 Å². The van der Waals surface area contributed by atoms with E-state index in [2.05, 4.69) is 10.4 Å². The van der Waals surface area contributed by atoms with E-state index in [4.69, 9.17) is 17.3 Å². The van der Waals surface area contributed by atoms with Gasteiger partial charge in [-0.05, 0) is 23.8 Å². The van der Waals surface area contributed by atoms with E-state index in [0.29, 0.717) is 5.56 Å². The van der Waals surface area contributed by atoms with Crippen LogP contribution in [-0.4, -0.2) is 4.98 Å². The average Bonchev–Trinajstić information content (AvgIpc) is 2.37. The van der Waals surface area contributed by atoms with Gasteiger partial charge in [-0.1, -0.05) is 6.07 Å². The molecule has 0 saturated heterocycles. The van der Waals surface area contributed by atoms with Crippen LogP contribution in [0.3, 0.4) is 0 Å². The van der Waals surface area contributed by atoms with Crippen molar-refractivity contribution in [2.75, 3.05) is 16.9 Å². The third-order valence-corrected chi connectivity index (χ3v) is 2.73. The number of nitrogen functional groups attached to an aromatic ring is 3. The van der Waals surface area contributed by atoms with Crippen molar-refractivity contribution in [1.29, 1.82) is 0 Å². The van der Waals surface area contributed by atoms with Gasteiger partial charge in [0.2, 0.25) is 0 Å². The summed E-state index contributed by atoms with van der Waals surface area (Å²) in [5.41, 5.74) is 14.3. The summed E-state index contributed by atoms with van der Waals surface area (Å²) in [6.07, 6.45) is -0.0360. The molecular formula is C12H13F2N5. The Kier molecular flexibility index (Phi) is 3.48. The van der Waals surface area contributed by atoms with Crippen molar-refractivity contribution < 1.29 is 8.78 Å². The monoisotopic (exact) mass is 265 g/mol. The first-order valence-corrected chi connectivity index (χ1v) is 5.47. The van der Waals surface area contributed by atoms with Gasteiger partial charge in [0.25, 0.3) is 0 Å². The van der Waals surface area contributed by atoms with Gasteiger partial charge in [-0.2, -0.15) is 0 Å². The smallest absolute Gasteiger partial charge is 0.165 e. The second-order valence-electron chi connectivity index (χ2n) is 3.99. The van der Waals surface area contributed by atoms with Crippen molar-refractivity contribution in [1.82, 2.24) is 4.98 Å². The molecule has 0 bridgehead atoms. The topological polar surface area (TPSA) is 103 Å².